The van der Waals surface area contributed by atoms with Gasteiger partial charge >= 0.3 is 0 Å². The van der Waals surface area contributed by atoms with Gasteiger partial charge in [-0.1, -0.05) is 6.07 Å². The second kappa shape index (κ2) is 7.13. The van der Waals surface area contributed by atoms with Gasteiger partial charge in [-0.15, -0.1) is 0 Å². The summed E-state index contributed by atoms with van der Waals surface area (Å²) in [6.45, 7) is 2.13. The maximum absolute atomic E-state index is 12.5. The molecule has 5 nitrogen and oxygen atoms in total. The second-order valence-corrected chi connectivity index (χ2v) is 7.56. The van der Waals surface area contributed by atoms with Gasteiger partial charge in [-0.25, -0.2) is 8.42 Å². The van der Waals surface area contributed by atoms with Crippen LogP contribution in [-0.4, -0.2) is 28.6 Å². The molecule has 1 fully saturated rings. The monoisotopic (exact) mass is 346 g/mol. The van der Waals surface area contributed by atoms with Gasteiger partial charge in [-0.05, 0) is 55.7 Å². The molecule has 2 aromatic carbocycles. The van der Waals surface area contributed by atoms with Crippen LogP contribution in [0.2, 0.25) is 0 Å². The van der Waals surface area contributed by atoms with Crippen LogP contribution in [-0.2, 0) is 10.0 Å². The highest BCUT2D eigenvalue weighted by Gasteiger charge is 2.16. The number of nitrogens with zero attached hydrogens (tertiary/aromatic N) is 1. The van der Waals surface area contributed by atoms with Crippen molar-refractivity contribution in [2.24, 2.45) is 0 Å². The van der Waals surface area contributed by atoms with E-state index in [4.69, 9.17) is 4.74 Å². The lowest BCUT2D eigenvalue weighted by atomic mass is 10.1. The molecule has 0 saturated carbocycles. The third kappa shape index (κ3) is 3.82. The molecule has 1 saturated heterocycles. The van der Waals surface area contributed by atoms with E-state index in [0.29, 0.717) is 11.4 Å². The zero-order chi connectivity index (χ0) is 17.0. The molecule has 128 valence electrons. The average molecular weight is 346 g/mol. The van der Waals surface area contributed by atoms with Crippen LogP contribution in [0.3, 0.4) is 0 Å². The van der Waals surface area contributed by atoms with Crippen LogP contribution in [0.5, 0.6) is 5.75 Å². The molecule has 0 aromatic heterocycles. The topological polar surface area (TPSA) is 58.6 Å². The molecule has 6 heteroatoms. The molecule has 24 heavy (non-hydrogen) atoms. The van der Waals surface area contributed by atoms with Gasteiger partial charge in [0, 0.05) is 30.5 Å². The number of anilines is 2. The van der Waals surface area contributed by atoms with Crippen molar-refractivity contribution in [3.05, 3.63) is 48.5 Å². The lowest BCUT2D eigenvalue weighted by Crippen LogP contribution is -2.29. The molecule has 0 aliphatic carbocycles. The minimum atomic E-state index is -3.63. The van der Waals surface area contributed by atoms with Crippen molar-refractivity contribution in [1.82, 2.24) is 0 Å². The van der Waals surface area contributed by atoms with Crippen LogP contribution in [0, 0.1) is 0 Å². The summed E-state index contributed by atoms with van der Waals surface area (Å²) in [6.07, 6.45) is 3.71. The van der Waals surface area contributed by atoms with E-state index in [1.807, 2.05) is 24.3 Å². The van der Waals surface area contributed by atoms with E-state index in [2.05, 4.69) is 9.62 Å². The molecule has 1 aliphatic heterocycles. The Morgan fingerprint density at radius 2 is 1.71 bits per heavy atom. The van der Waals surface area contributed by atoms with Crippen LogP contribution >= 0.6 is 0 Å². The number of rotatable bonds is 5. The molecule has 0 amide bonds. The average Bonchev–Trinajstić information content (AvgIpc) is 2.63. The molecule has 2 aromatic rings. The Morgan fingerprint density at radius 3 is 2.38 bits per heavy atom. The van der Waals surface area contributed by atoms with E-state index in [0.717, 1.165) is 18.8 Å². The number of benzene rings is 2. The van der Waals surface area contributed by atoms with Crippen LogP contribution in [0.4, 0.5) is 11.4 Å². The number of hydrogen-bond acceptors (Lipinski definition) is 4. The maximum atomic E-state index is 12.5. The number of ether oxygens (including phenoxy) is 1. The van der Waals surface area contributed by atoms with Gasteiger partial charge in [0.25, 0.3) is 10.0 Å². The van der Waals surface area contributed by atoms with Crippen molar-refractivity contribution in [2.45, 2.75) is 24.2 Å². The minimum absolute atomic E-state index is 0.182. The summed E-state index contributed by atoms with van der Waals surface area (Å²) in [5, 5.41) is 0. The van der Waals surface area contributed by atoms with Crippen LogP contribution < -0.4 is 14.4 Å². The molecule has 1 N–H and O–H groups in total. The summed E-state index contributed by atoms with van der Waals surface area (Å²) in [7, 11) is -2.11. The quantitative estimate of drug-likeness (QED) is 0.900. The van der Waals surface area contributed by atoms with E-state index in [1.54, 1.807) is 18.2 Å². The second-order valence-electron chi connectivity index (χ2n) is 5.88. The van der Waals surface area contributed by atoms with E-state index in [-0.39, 0.29) is 4.90 Å². The molecule has 0 spiro atoms. The Labute approximate surface area is 143 Å². The molecular weight excluding hydrogens is 324 g/mol. The first kappa shape index (κ1) is 16.6. The van der Waals surface area contributed by atoms with Gasteiger partial charge in [0.05, 0.1) is 12.0 Å². The Balaban J connectivity index is 1.74. The predicted octanol–water partition coefficient (Wildman–Crippen LogP) is 3.49. The minimum Gasteiger partial charge on any atom is -0.497 e. The zero-order valence-corrected chi connectivity index (χ0v) is 14.6. The largest absolute Gasteiger partial charge is 0.497 e. The Bertz CT molecular complexity index is 782. The molecule has 3 rings (SSSR count). The molecule has 1 heterocycles. The summed E-state index contributed by atoms with van der Waals surface area (Å²) < 4.78 is 32.7. The lowest BCUT2D eigenvalue weighted by Gasteiger charge is -2.28. The van der Waals surface area contributed by atoms with Gasteiger partial charge < -0.3 is 9.64 Å². The van der Waals surface area contributed by atoms with Gasteiger partial charge in [0.15, 0.2) is 0 Å². The molecule has 1 aliphatic rings. The number of sulfonamides is 1. The van der Waals surface area contributed by atoms with Crippen molar-refractivity contribution >= 4 is 21.4 Å². The third-order valence-corrected chi connectivity index (χ3v) is 5.57. The number of nitrogens with one attached hydrogen (secondary N) is 1. The first-order valence-corrected chi connectivity index (χ1v) is 9.59. The Morgan fingerprint density at radius 1 is 1.00 bits per heavy atom. The van der Waals surface area contributed by atoms with Crippen molar-refractivity contribution in [1.29, 1.82) is 0 Å². The van der Waals surface area contributed by atoms with Gasteiger partial charge in [0.2, 0.25) is 0 Å². The number of hydrogen-bond donors (Lipinski definition) is 1. The Hall–Kier alpha value is -2.21. The first-order valence-electron chi connectivity index (χ1n) is 8.10. The standard InChI is InChI=1S/C18H22N2O3S/c1-23-17-6-5-7-18(14-17)24(21,22)19-15-8-10-16(11-9-15)20-12-3-2-4-13-20/h5-11,14,19H,2-4,12-13H2,1H3. The molecule has 0 atom stereocenters. The van der Waals surface area contributed by atoms with Crippen molar-refractivity contribution < 1.29 is 13.2 Å². The fourth-order valence-corrected chi connectivity index (χ4v) is 3.97. The molecular formula is C18H22N2O3S. The first-order chi connectivity index (χ1) is 11.6. The molecule has 0 unspecified atom stereocenters. The summed E-state index contributed by atoms with van der Waals surface area (Å²) >= 11 is 0. The highest BCUT2D eigenvalue weighted by Crippen LogP contribution is 2.24. The highest BCUT2D eigenvalue weighted by atomic mass is 32.2. The Kier molecular flexibility index (Phi) is 4.94. The summed E-state index contributed by atoms with van der Waals surface area (Å²) in [4.78, 5) is 2.52. The van der Waals surface area contributed by atoms with Crippen molar-refractivity contribution in [3.63, 3.8) is 0 Å². The number of piperidine rings is 1. The number of methoxy groups -OCH3 is 1. The van der Waals surface area contributed by atoms with Gasteiger partial charge in [-0.2, -0.15) is 0 Å². The smallest absolute Gasteiger partial charge is 0.262 e. The lowest BCUT2D eigenvalue weighted by molar-refractivity contribution is 0.413. The maximum Gasteiger partial charge on any atom is 0.262 e. The summed E-state index contributed by atoms with van der Waals surface area (Å²) in [5.74, 6) is 0.512. The highest BCUT2D eigenvalue weighted by molar-refractivity contribution is 7.92. The van der Waals surface area contributed by atoms with Crippen LogP contribution in [0.15, 0.2) is 53.4 Å². The van der Waals surface area contributed by atoms with Gasteiger partial charge in [-0.3, -0.25) is 4.72 Å². The van der Waals surface area contributed by atoms with E-state index in [1.165, 1.54) is 32.4 Å². The third-order valence-electron chi connectivity index (χ3n) is 4.19. The predicted molar refractivity (Wildman–Crippen MR) is 96.3 cm³/mol. The SMILES string of the molecule is COc1cccc(S(=O)(=O)Nc2ccc(N3CCCCC3)cc2)c1. The fourth-order valence-electron chi connectivity index (χ4n) is 2.87. The summed E-state index contributed by atoms with van der Waals surface area (Å²) in [5.41, 5.74) is 1.69. The molecule has 0 bridgehead atoms. The van der Waals surface area contributed by atoms with Crippen molar-refractivity contribution in [2.75, 3.05) is 29.8 Å². The van der Waals surface area contributed by atoms with E-state index in [9.17, 15) is 8.42 Å². The van der Waals surface area contributed by atoms with Crippen LogP contribution in [0.25, 0.3) is 0 Å². The molecule has 0 radical (unpaired) electrons. The normalized spacial score (nSPS) is 15.1. The van der Waals surface area contributed by atoms with E-state index >= 15 is 0 Å². The van der Waals surface area contributed by atoms with E-state index < -0.39 is 10.0 Å². The zero-order valence-electron chi connectivity index (χ0n) is 13.7. The van der Waals surface area contributed by atoms with Gasteiger partial charge in [0.1, 0.15) is 5.75 Å². The van der Waals surface area contributed by atoms with Crippen molar-refractivity contribution in [3.8, 4) is 5.75 Å². The summed E-state index contributed by atoms with van der Waals surface area (Å²) in [6, 6.07) is 14.0. The van der Waals surface area contributed by atoms with Crippen LogP contribution in [0.1, 0.15) is 19.3 Å². The fraction of sp³-hybridized carbons (Fsp3) is 0.333.